The lowest BCUT2D eigenvalue weighted by molar-refractivity contribution is -0.132. The molecule has 1 aromatic heterocycles. The molecule has 3 amide bonds. The Morgan fingerprint density at radius 1 is 1.04 bits per heavy atom. The van der Waals surface area contributed by atoms with E-state index in [2.05, 4.69) is 34.9 Å². The molecule has 1 saturated heterocycles. The Morgan fingerprint density at radius 3 is 2.54 bits per heavy atom. The van der Waals surface area contributed by atoms with Gasteiger partial charge in [0.2, 0.25) is 5.91 Å². The van der Waals surface area contributed by atoms with Gasteiger partial charge in [-0.1, -0.05) is 44.0 Å². The van der Waals surface area contributed by atoms with Crippen molar-refractivity contribution in [2.75, 3.05) is 58.3 Å². The third-order valence-electron chi connectivity index (χ3n) is 12.7. The summed E-state index contributed by atoms with van der Waals surface area (Å²) in [5.74, 6) is 4.12. The SMILES string of the molecule is C#C[C@]1(O)CCC2[C@@H]3CCc4cc(OC(=O)N(C)C)c(N5CCN(C(=O)CN(CCC)C(=O)c6ccc7ccccc7n6)CC5)cc4C3CC[C@@]21C. The Hall–Kier alpha value is -4.62. The highest BCUT2D eigenvalue weighted by Gasteiger charge is 2.61. The standard InChI is InChI=1S/C42H51N5O5/c1-6-20-47(39(49)35-15-13-28-10-8-9-11-34(28)43-35)27-38(48)46-23-21-45(22-24-46)36-26-32-29(25-37(36)52-40(50)44(4)5)12-14-31-30(32)16-18-41(3)33(31)17-19-42(41,51)7-2/h2,8-11,13,15,25-26,30-31,33,51H,6,12,14,16-24,27H2,1,3-5H3/t30?,31-,33?,41+,42+/m1/s1. The van der Waals surface area contributed by atoms with Crippen LogP contribution in [0.1, 0.15) is 79.9 Å². The van der Waals surface area contributed by atoms with Crippen molar-refractivity contribution in [1.29, 1.82) is 0 Å². The van der Waals surface area contributed by atoms with E-state index in [1.807, 2.05) is 42.2 Å². The van der Waals surface area contributed by atoms with Crippen LogP contribution in [0.5, 0.6) is 5.75 Å². The maximum Gasteiger partial charge on any atom is 0.414 e. The number of piperazine rings is 1. The van der Waals surface area contributed by atoms with Gasteiger partial charge in [-0.25, -0.2) is 9.78 Å². The van der Waals surface area contributed by atoms with E-state index in [0.29, 0.717) is 68.3 Å². The maximum atomic E-state index is 13.7. The number of carbonyl (C=O) groups excluding carboxylic acids is 3. The Bertz CT molecular complexity index is 1910. The molecule has 1 aliphatic heterocycles. The second-order valence-electron chi connectivity index (χ2n) is 15.7. The molecule has 2 heterocycles. The van der Waals surface area contributed by atoms with E-state index in [1.54, 1.807) is 25.1 Å². The molecule has 2 aromatic carbocycles. The Balaban J connectivity index is 1.08. The van der Waals surface area contributed by atoms with Crippen LogP contribution in [0.2, 0.25) is 0 Å². The predicted molar refractivity (Wildman–Crippen MR) is 201 cm³/mol. The van der Waals surface area contributed by atoms with Crippen LogP contribution in [0.25, 0.3) is 10.9 Å². The first kappa shape index (κ1) is 35.8. The first-order valence-electron chi connectivity index (χ1n) is 18.9. The van der Waals surface area contributed by atoms with Crippen molar-refractivity contribution in [1.82, 2.24) is 19.7 Å². The molecule has 0 radical (unpaired) electrons. The number of amides is 3. The van der Waals surface area contributed by atoms with E-state index >= 15 is 0 Å². The number of aliphatic hydroxyl groups is 1. The normalized spacial score (nSPS) is 26.5. The smallest absolute Gasteiger partial charge is 0.408 e. The number of rotatable bonds is 7. The third-order valence-corrected chi connectivity index (χ3v) is 12.7. The van der Waals surface area contributed by atoms with Crippen LogP contribution in [0.3, 0.4) is 0 Å². The predicted octanol–water partition coefficient (Wildman–Crippen LogP) is 5.72. The van der Waals surface area contributed by atoms with Gasteiger partial charge < -0.3 is 29.4 Å². The number of ether oxygens (including phenoxy) is 1. The molecular formula is C42H51N5O5. The van der Waals surface area contributed by atoms with E-state index in [9.17, 15) is 19.5 Å². The van der Waals surface area contributed by atoms with E-state index in [1.165, 1.54) is 16.0 Å². The van der Waals surface area contributed by atoms with Crippen molar-refractivity contribution < 1.29 is 24.2 Å². The van der Waals surface area contributed by atoms with Gasteiger partial charge in [0.1, 0.15) is 17.8 Å². The average molecular weight is 706 g/mol. The quantitative estimate of drug-likeness (QED) is 0.314. The number of carbonyl (C=O) groups is 3. The number of aromatic nitrogens is 1. The van der Waals surface area contributed by atoms with Gasteiger partial charge in [0.05, 0.1) is 11.2 Å². The molecule has 10 heteroatoms. The lowest BCUT2D eigenvalue weighted by Crippen LogP contribution is -2.52. The van der Waals surface area contributed by atoms with Crippen LogP contribution in [-0.2, 0) is 11.2 Å². The number of terminal acetylenes is 1. The van der Waals surface area contributed by atoms with Crippen LogP contribution >= 0.6 is 0 Å². The van der Waals surface area contributed by atoms with Crippen LogP contribution < -0.4 is 9.64 Å². The van der Waals surface area contributed by atoms with E-state index in [4.69, 9.17) is 11.2 Å². The van der Waals surface area contributed by atoms with Crippen molar-refractivity contribution in [3.63, 3.8) is 0 Å². The summed E-state index contributed by atoms with van der Waals surface area (Å²) in [5.41, 5.74) is 3.14. The van der Waals surface area contributed by atoms with Gasteiger partial charge in [-0.05, 0) is 98.1 Å². The van der Waals surface area contributed by atoms with Crippen molar-refractivity contribution >= 4 is 34.5 Å². The van der Waals surface area contributed by atoms with Crippen molar-refractivity contribution in [2.45, 2.75) is 70.3 Å². The zero-order valence-corrected chi connectivity index (χ0v) is 30.9. The molecule has 52 heavy (non-hydrogen) atoms. The number of pyridine rings is 1. The maximum absolute atomic E-state index is 13.7. The second-order valence-corrected chi connectivity index (χ2v) is 15.7. The Morgan fingerprint density at radius 2 is 1.81 bits per heavy atom. The molecule has 274 valence electrons. The molecule has 1 N–H and O–H groups in total. The van der Waals surface area contributed by atoms with Gasteiger partial charge in [0.15, 0.2) is 5.75 Å². The lowest BCUT2D eigenvalue weighted by Gasteiger charge is -2.52. The van der Waals surface area contributed by atoms with Crippen LogP contribution in [-0.4, -0.2) is 102 Å². The Labute approximate surface area is 307 Å². The molecule has 3 fully saturated rings. The number of anilines is 1. The van der Waals surface area contributed by atoms with Gasteiger partial charge in [-0.3, -0.25) is 9.59 Å². The fraction of sp³-hybridized carbons (Fsp3) is 0.524. The van der Waals surface area contributed by atoms with Gasteiger partial charge in [0, 0.05) is 57.6 Å². The number of aryl methyl sites for hydroxylation is 1. The summed E-state index contributed by atoms with van der Waals surface area (Å²) < 4.78 is 6.00. The monoisotopic (exact) mass is 705 g/mol. The van der Waals surface area contributed by atoms with Crippen LogP contribution in [0, 0.1) is 29.6 Å². The second kappa shape index (κ2) is 14.1. The molecule has 2 saturated carbocycles. The topological polar surface area (TPSA) is 107 Å². The molecular weight excluding hydrogens is 654 g/mol. The molecule has 2 unspecified atom stereocenters. The summed E-state index contributed by atoms with van der Waals surface area (Å²) in [7, 11) is 3.35. The molecule has 7 rings (SSSR count). The molecule has 0 bridgehead atoms. The number of hydrogen-bond acceptors (Lipinski definition) is 7. The third kappa shape index (κ3) is 6.27. The summed E-state index contributed by atoms with van der Waals surface area (Å²) in [6.07, 6.45) is 11.5. The minimum absolute atomic E-state index is 0.0102. The summed E-state index contributed by atoms with van der Waals surface area (Å²) in [6, 6.07) is 15.6. The average Bonchev–Trinajstić information content (AvgIpc) is 3.43. The summed E-state index contributed by atoms with van der Waals surface area (Å²) in [6.45, 7) is 6.74. The van der Waals surface area contributed by atoms with Crippen molar-refractivity contribution in [3.05, 3.63) is 65.4 Å². The van der Waals surface area contributed by atoms with E-state index in [-0.39, 0.29) is 23.8 Å². The summed E-state index contributed by atoms with van der Waals surface area (Å²) >= 11 is 0. The minimum atomic E-state index is -1.05. The highest BCUT2D eigenvalue weighted by Crippen LogP contribution is 2.64. The lowest BCUT2D eigenvalue weighted by atomic mass is 9.53. The first-order valence-corrected chi connectivity index (χ1v) is 18.9. The van der Waals surface area contributed by atoms with E-state index in [0.717, 1.165) is 55.1 Å². The largest absolute Gasteiger partial charge is 0.414 e. The Kier molecular flexibility index (Phi) is 9.68. The van der Waals surface area contributed by atoms with Crippen molar-refractivity contribution in [2.24, 2.45) is 17.3 Å². The van der Waals surface area contributed by atoms with Crippen LogP contribution in [0.4, 0.5) is 10.5 Å². The number of hydrogen-bond donors (Lipinski definition) is 1. The van der Waals surface area contributed by atoms with E-state index < -0.39 is 11.7 Å². The van der Waals surface area contributed by atoms with Crippen LogP contribution in [0.15, 0.2) is 48.5 Å². The zero-order valence-electron chi connectivity index (χ0n) is 30.9. The molecule has 5 atom stereocenters. The van der Waals surface area contributed by atoms with Gasteiger partial charge in [-0.15, -0.1) is 6.42 Å². The minimum Gasteiger partial charge on any atom is -0.408 e. The molecule has 4 aliphatic rings. The summed E-state index contributed by atoms with van der Waals surface area (Å²) in [5, 5.41) is 12.4. The van der Waals surface area contributed by atoms with Crippen molar-refractivity contribution in [3.8, 4) is 18.1 Å². The highest BCUT2D eigenvalue weighted by molar-refractivity contribution is 5.97. The fourth-order valence-corrected chi connectivity index (χ4v) is 9.68. The number of fused-ring (bicyclic) bond motifs is 6. The first-order chi connectivity index (χ1) is 25.0. The number of benzene rings is 2. The molecule has 3 aromatic rings. The highest BCUT2D eigenvalue weighted by atomic mass is 16.6. The molecule has 10 nitrogen and oxygen atoms in total. The number of nitrogens with zero attached hydrogens (tertiary/aromatic N) is 5. The fourth-order valence-electron chi connectivity index (χ4n) is 9.68. The number of para-hydroxylation sites is 1. The zero-order chi connectivity index (χ0) is 36.8. The molecule has 0 spiro atoms. The molecule has 3 aliphatic carbocycles. The van der Waals surface area contributed by atoms with Gasteiger partial charge in [-0.2, -0.15) is 0 Å². The summed E-state index contributed by atoms with van der Waals surface area (Å²) in [4.78, 5) is 51.8. The van der Waals surface area contributed by atoms with Gasteiger partial charge in [0.25, 0.3) is 5.91 Å². The van der Waals surface area contributed by atoms with Gasteiger partial charge >= 0.3 is 6.09 Å².